The fourth-order valence-corrected chi connectivity index (χ4v) is 2.84. The third kappa shape index (κ3) is 4.43. The molecule has 1 aliphatic heterocycles. The van der Waals surface area contributed by atoms with Crippen LogP contribution in [0.25, 0.3) is 0 Å². The van der Waals surface area contributed by atoms with Crippen LogP contribution in [0.15, 0.2) is 0 Å². The lowest BCUT2D eigenvalue weighted by atomic mass is 9.98. The second-order valence-electron chi connectivity index (χ2n) is 4.77. The SMILES string of the molecule is CC(C)(CCC(=O)O)NC(=O)C1CCCS1. The average molecular weight is 245 g/mol. The number of aliphatic carboxylic acids is 1. The van der Waals surface area contributed by atoms with Crippen molar-refractivity contribution in [2.24, 2.45) is 0 Å². The molecule has 0 aliphatic carbocycles. The van der Waals surface area contributed by atoms with E-state index in [0.717, 1.165) is 18.6 Å². The summed E-state index contributed by atoms with van der Waals surface area (Å²) in [4.78, 5) is 22.3. The van der Waals surface area contributed by atoms with Gasteiger partial charge in [-0.3, -0.25) is 9.59 Å². The molecule has 0 radical (unpaired) electrons. The highest BCUT2D eigenvalue weighted by atomic mass is 32.2. The van der Waals surface area contributed by atoms with Crippen LogP contribution in [0.5, 0.6) is 0 Å². The topological polar surface area (TPSA) is 66.4 Å². The molecule has 1 heterocycles. The summed E-state index contributed by atoms with van der Waals surface area (Å²) in [5, 5.41) is 11.6. The van der Waals surface area contributed by atoms with Gasteiger partial charge in [0.1, 0.15) is 0 Å². The van der Waals surface area contributed by atoms with Gasteiger partial charge in [0.15, 0.2) is 0 Å². The van der Waals surface area contributed by atoms with Gasteiger partial charge in [-0.25, -0.2) is 0 Å². The fraction of sp³-hybridized carbons (Fsp3) is 0.818. The summed E-state index contributed by atoms with van der Waals surface area (Å²) in [7, 11) is 0. The Labute approximate surface area is 100 Å². The first-order valence-electron chi connectivity index (χ1n) is 5.56. The maximum absolute atomic E-state index is 11.8. The number of hydrogen-bond acceptors (Lipinski definition) is 3. The minimum absolute atomic E-state index is 0.0536. The Bertz CT molecular complexity index is 272. The highest BCUT2D eigenvalue weighted by Crippen LogP contribution is 2.27. The fourth-order valence-electron chi connectivity index (χ4n) is 1.68. The number of rotatable bonds is 5. The number of carbonyl (C=O) groups excluding carboxylic acids is 1. The summed E-state index contributed by atoms with van der Waals surface area (Å²) < 4.78 is 0. The van der Waals surface area contributed by atoms with E-state index in [4.69, 9.17) is 5.11 Å². The zero-order valence-corrected chi connectivity index (χ0v) is 10.6. The predicted octanol–water partition coefficient (Wildman–Crippen LogP) is 1.64. The largest absolute Gasteiger partial charge is 0.481 e. The number of amides is 1. The van der Waals surface area contributed by atoms with Crippen molar-refractivity contribution >= 4 is 23.6 Å². The molecular weight excluding hydrogens is 226 g/mol. The molecule has 1 fully saturated rings. The van der Waals surface area contributed by atoms with Crippen LogP contribution in [-0.2, 0) is 9.59 Å². The zero-order valence-electron chi connectivity index (χ0n) is 9.78. The first-order chi connectivity index (χ1) is 7.41. The van der Waals surface area contributed by atoms with E-state index in [9.17, 15) is 9.59 Å². The molecule has 5 heteroatoms. The number of carboxylic acids is 1. The standard InChI is InChI=1S/C11H19NO3S/c1-11(2,6-5-9(13)14)12-10(15)8-4-3-7-16-8/h8H,3-7H2,1-2H3,(H,12,15)(H,13,14). The molecule has 0 aromatic carbocycles. The van der Waals surface area contributed by atoms with Crippen LogP contribution in [0.2, 0.25) is 0 Å². The summed E-state index contributed by atoms with van der Waals surface area (Å²) in [5.41, 5.74) is -0.432. The molecule has 2 N–H and O–H groups in total. The Kier molecular flexibility index (Phi) is 4.65. The van der Waals surface area contributed by atoms with Crippen LogP contribution in [0.3, 0.4) is 0 Å². The van der Waals surface area contributed by atoms with Crippen molar-refractivity contribution in [3.63, 3.8) is 0 Å². The van der Waals surface area contributed by atoms with Crippen molar-refractivity contribution < 1.29 is 14.7 Å². The Morgan fingerprint density at radius 2 is 2.19 bits per heavy atom. The molecule has 16 heavy (non-hydrogen) atoms. The van der Waals surface area contributed by atoms with Gasteiger partial charge in [-0.05, 0) is 38.9 Å². The third-order valence-electron chi connectivity index (χ3n) is 2.65. The molecule has 0 saturated carbocycles. The maximum atomic E-state index is 11.8. The van der Waals surface area contributed by atoms with E-state index in [-0.39, 0.29) is 17.6 Å². The van der Waals surface area contributed by atoms with E-state index in [1.807, 2.05) is 13.8 Å². The lowest BCUT2D eigenvalue weighted by Gasteiger charge is -2.27. The van der Waals surface area contributed by atoms with Crippen LogP contribution in [0.4, 0.5) is 0 Å². The second kappa shape index (κ2) is 5.57. The van der Waals surface area contributed by atoms with E-state index < -0.39 is 11.5 Å². The zero-order chi connectivity index (χ0) is 12.2. The Hall–Kier alpha value is -0.710. The van der Waals surface area contributed by atoms with Gasteiger partial charge in [0.2, 0.25) is 5.91 Å². The van der Waals surface area contributed by atoms with E-state index in [0.29, 0.717) is 6.42 Å². The van der Waals surface area contributed by atoms with Gasteiger partial charge in [-0.15, -0.1) is 11.8 Å². The van der Waals surface area contributed by atoms with Gasteiger partial charge in [-0.2, -0.15) is 0 Å². The summed E-state index contributed by atoms with van der Waals surface area (Å²) >= 11 is 1.69. The lowest BCUT2D eigenvalue weighted by Crippen LogP contribution is -2.46. The summed E-state index contributed by atoms with van der Waals surface area (Å²) in [6, 6.07) is 0. The van der Waals surface area contributed by atoms with Gasteiger partial charge in [0, 0.05) is 12.0 Å². The minimum atomic E-state index is -0.822. The predicted molar refractivity (Wildman–Crippen MR) is 64.6 cm³/mol. The van der Waals surface area contributed by atoms with Crippen molar-refractivity contribution in [3.8, 4) is 0 Å². The molecule has 1 unspecified atom stereocenters. The highest BCUT2D eigenvalue weighted by Gasteiger charge is 2.28. The van der Waals surface area contributed by atoms with E-state index in [1.54, 1.807) is 11.8 Å². The maximum Gasteiger partial charge on any atom is 0.303 e. The molecule has 1 atom stereocenters. The molecule has 0 bridgehead atoms. The normalized spacial score (nSPS) is 20.8. The van der Waals surface area contributed by atoms with E-state index in [1.165, 1.54) is 0 Å². The quantitative estimate of drug-likeness (QED) is 0.772. The van der Waals surface area contributed by atoms with Gasteiger partial charge in [-0.1, -0.05) is 0 Å². The summed E-state index contributed by atoms with van der Waals surface area (Å²) in [6.45, 7) is 3.74. The highest BCUT2D eigenvalue weighted by molar-refractivity contribution is 8.00. The molecule has 1 saturated heterocycles. The number of hydrogen-bond donors (Lipinski definition) is 2. The van der Waals surface area contributed by atoms with Crippen molar-refractivity contribution in [1.82, 2.24) is 5.32 Å². The van der Waals surface area contributed by atoms with Crippen LogP contribution < -0.4 is 5.32 Å². The van der Waals surface area contributed by atoms with E-state index in [2.05, 4.69) is 5.32 Å². The molecule has 4 nitrogen and oxygen atoms in total. The lowest BCUT2D eigenvalue weighted by molar-refractivity contribution is -0.137. The second-order valence-corrected chi connectivity index (χ2v) is 6.08. The molecule has 1 amide bonds. The molecule has 92 valence electrons. The molecule has 1 rings (SSSR count). The van der Waals surface area contributed by atoms with Gasteiger partial charge in [0.25, 0.3) is 0 Å². The molecular formula is C11H19NO3S. The molecule has 0 spiro atoms. The monoisotopic (exact) mass is 245 g/mol. The van der Waals surface area contributed by atoms with Gasteiger partial charge < -0.3 is 10.4 Å². The molecule has 0 aromatic rings. The van der Waals surface area contributed by atoms with E-state index >= 15 is 0 Å². The Morgan fingerprint density at radius 1 is 1.50 bits per heavy atom. The van der Waals surface area contributed by atoms with Crippen molar-refractivity contribution in [2.45, 2.75) is 50.3 Å². The molecule has 0 aromatic heterocycles. The van der Waals surface area contributed by atoms with Crippen molar-refractivity contribution in [1.29, 1.82) is 0 Å². The number of thioether (sulfide) groups is 1. The van der Waals surface area contributed by atoms with Crippen LogP contribution in [-0.4, -0.2) is 33.5 Å². The molecule has 1 aliphatic rings. The van der Waals surface area contributed by atoms with Crippen molar-refractivity contribution in [3.05, 3.63) is 0 Å². The van der Waals surface area contributed by atoms with Crippen molar-refractivity contribution in [2.75, 3.05) is 5.75 Å². The minimum Gasteiger partial charge on any atom is -0.481 e. The summed E-state index contributed by atoms with van der Waals surface area (Å²) in [6.07, 6.45) is 2.58. The Balaban J connectivity index is 2.38. The number of carboxylic acid groups (broad SMARTS) is 1. The summed E-state index contributed by atoms with van der Waals surface area (Å²) in [5.74, 6) is 0.281. The van der Waals surface area contributed by atoms with Crippen LogP contribution >= 0.6 is 11.8 Å². The first-order valence-corrected chi connectivity index (χ1v) is 6.61. The van der Waals surface area contributed by atoms with Crippen LogP contribution in [0.1, 0.15) is 39.5 Å². The number of nitrogens with one attached hydrogen (secondary N) is 1. The smallest absolute Gasteiger partial charge is 0.303 e. The Morgan fingerprint density at radius 3 is 2.69 bits per heavy atom. The van der Waals surface area contributed by atoms with Gasteiger partial charge in [0.05, 0.1) is 5.25 Å². The average Bonchev–Trinajstić information content (AvgIpc) is 2.67. The third-order valence-corrected chi connectivity index (χ3v) is 4.02. The van der Waals surface area contributed by atoms with Gasteiger partial charge >= 0.3 is 5.97 Å². The first kappa shape index (κ1) is 13.4. The van der Waals surface area contributed by atoms with Crippen LogP contribution in [0, 0.1) is 0 Å². The number of carbonyl (C=O) groups is 2.